The van der Waals surface area contributed by atoms with E-state index in [0.717, 1.165) is 16.9 Å². The van der Waals surface area contributed by atoms with E-state index >= 15 is 0 Å². The molecule has 2 rings (SSSR count). The number of rotatable bonds is 4. The molecule has 0 radical (unpaired) electrons. The number of nitrogens with two attached hydrogens (primary N) is 1. The molecule has 1 atom stereocenters. The SMILES string of the molecule is CC(C)n1c(CC(C)(O)CN)nc2ccccc21. The molecule has 0 bridgehead atoms. The van der Waals surface area contributed by atoms with Gasteiger partial charge in [0.25, 0.3) is 0 Å². The van der Waals surface area contributed by atoms with Crippen LogP contribution in [0.4, 0.5) is 0 Å². The van der Waals surface area contributed by atoms with Crippen molar-refractivity contribution in [3.8, 4) is 0 Å². The van der Waals surface area contributed by atoms with Gasteiger partial charge in [-0.25, -0.2) is 4.98 Å². The monoisotopic (exact) mass is 247 g/mol. The van der Waals surface area contributed by atoms with Crippen LogP contribution in [0.25, 0.3) is 11.0 Å². The van der Waals surface area contributed by atoms with Crippen molar-refractivity contribution in [2.75, 3.05) is 6.54 Å². The van der Waals surface area contributed by atoms with E-state index < -0.39 is 5.60 Å². The Bertz CT molecular complexity index is 543. The molecule has 1 aromatic carbocycles. The predicted octanol–water partition coefficient (Wildman–Crippen LogP) is 1.87. The van der Waals surface area contributed by atoms with Crippen LogP contribution >= 0.6 is 0 Å². The first kappa shape index (κ1) is 13.1. The number of para-hydroxylation sites is 2. The van der Waals surface area contributed by atoms with Crippen molar-refractivity contribution in [3.05, 3.63) is 30.1 Å². The van der Waals surface area contributed by atoms with Crippen molar-refractivity contribution in [3.63, 3.8) is 0 Å². The normalized spacial score (nSPS) is 15.2. The summed E-state index contributed by atoms with van der Waals surface area (Å²) in [5.41, 5.74) is 6.75. The summed E-state index contributed by atoms with van der Waals surface area (Å²) in [6.45, 7) is 6.22. The highest BCUT2D eigenvalue weighted by Gasteiger charge is 2.23. The van der Waals surface area contributed by atoms with E-state index in [-0.39, 0.29) is 6.54 Å². The first-order valence-electron chi connectivity index (χ1n) is 6.33. The summed E-state index contributed by atoms with van der Waals surface area (Å²) in [5.74, 6) is 0.890. The third-order valence-corrected chi connectivity index (χ3v) is 3.16. The molecule has 1 heterocycles. The highest BCUT2D eigenvalue weighted by molar-refractivity contribution is 5.76. The maximum atomic E-state index is 10.1. The highest BCUT2D eigenvalue weighted by Crippen LogP contribution is 2.23. The van der Waals surface area contributed by atoms with Gasteiger partial charge in [-0.3, -0.25) is 0 Å². The molecular weight excluding hydrogens is 226 g/mol. The number of hydrogen-bond donors (Lipinski definition) is 2. The first-order valence-corrected chi connectivity index (χ1v) is 6.33. The van der Waals surface area contributed by atoms with Crippen LogP contribution in [0.2, 0.25) is 0 Å². The number of imidazole rings is 1. The summed E-state index contributed by atoms with van der Waals surface area (Å²) in [6, 6.07) is 8.34. The van der Waals surface area contributed by atoms with Crippen LogP contribution in [-0.2, 0) is 6.42 Å². The van der Waals surface area contributed by atoms with Crippen LogP contribution in [0.15, 0.2) is 24.3 Å². The maximum absolute atomic E-state index is 10.1. The van der Waals surface area contributed by atoms with Gasteiger partial charge in [0.15, 0.2) is 0 Å². The van der Waals surface area contributed by atoms with Crippen molar-refractivity contribution in [2.24, 2.45) is 5.73 Å². The lowest BCUT2D eigenvalue weighted by atomic mass is 10.0. The molecule has 98 valence electrons. The van der Waals surface area contributed by atoms with Gasteiger partial charge in [0.2, 0.25) is 0 Å². The van der Waals surface area contributed by atoms with Gasteiger partial charge in [0.1, 0.15) is 5.82 Å². The molecule has 1 unspecified atom stereocenters. The minimum Gasteiger partial charge on any atom is -0.388 e. The Hall–Kier alpha value is -1.39. The molecule has 18 heavy (non-hydrogen) atoms. The number of benzene rings is 1. The fraction of sp³-hybridized carbons (Fsp3) is 0.500. The number of aliphatic hydroxyl groups is 1. The molecule has 2 aromatic rings. The fourth-order valence-electron chi connectivity index (χ4n) is 2.21. The molecule has 0 saturated carbocycles. The zero-order valence-electron chi connectivity index (χ0n) is 11.2. The van der Waals surface area contributed by atoms with Gasteiger partial charge in [-0.1, -0.05) is 12.1 Å². The molecule has 3 N–H and O–H groups in total. The number of aromatic nitrogens is 2. The van der Waals surface area contributed by atoms with Crippen LogP contribution in [-0.4, -0.2) is 26.8 Å². The molecule has 1 aromatic heterocycles. The van der Waals surface area contributed by atoms with Crippen LogP contribution in [0.1, 0.15) is 32.6 Å². The van der Waals surface area contributed by atoms with Gasteiger partial charge < -0.3 is 15.4 Å². The molecule has 0 aliphatic rings. The number of fused-ring (bicyclic) bond motifs is 1. The topological polar surface area (TPSA) is 64.1 Å². The first-order chi connectivity index (χ1) is 8.44. The van der Waals surface area contributed by atoms with Gasteiger partial charge in [-0.05, 0) is 32.9 Å². The summed E-state index contributed by atoms with van der Waals surface area (Å²) in [5, 5.41) is 10.1. The summed E-state index contributed by atoms with van der Waals surface area (Å²) in [4.78, 5) is 4.61. The van der Waals surface area contributed by atoms with Crippen LogP contribution < -0.4 is 5.73 Å². The minimum absolute atomic E-state index is 0.230. The second kappa shape index (κ2) is 4.71. The third-order valence-electron chi connectivity index (χ3n) is 3.16. The summed E-state index contributed by atoms with van der Waals surface area (Å²) in [7, 11) is 0. The number of hydrogen-bond acceptors (Lipinski definition) is 3. The van der Waals surface area contributed by atoms with Gasteiger partial charge in [0.05, 0.1) is 16.6 Å². The van der Waals surface area contributed by atoms with E-state index in [1.165, 1.54) is 0 Å². The molecule has 4 heteroatoms. The average molecular weight is 247 g/mol. The van der Waals surface area contributed by atoms with Crippen LogP contribution in [0.3, 0.4) is 0 Å². The molecule has 0 aliphatic heterocycles. The van der Waals surface area contributed by atoms with E-state index in [2.05, 4.69) is 29.5 Å². The Kier molecular flexibility index (Phi) is 3.41. The second-order valence-corrected chi connectivity index (χ2v) is 5.36. The fourth-order valence-corrected chi connectivity index (χ4v) is 2.21. The van der Waals surface area contributed by atoms with Gasteiger partial charge in [-0.2, -0.15) is 0 Å². The van der Waals surface area contributed by atoms with E-state index in [9.17, 15) is 5.11 Å². The molecule has 0 amide bonds. The average Bonchev–Trinajstić information content (AvgIpc) is 2.65. The lowest BCUT2D eigenvalue weighted by Gasteiger charge is -2.22. The summed E-state index contributed by atoms with van der Waals surface area (Å²) >= 11 is 0. The van der Waals surface area contributed by atoms with Gasteiger partial charge in [-0.15, -0.1) is 0 Å². The molecule has 4 nitrogen and oxygen atoms in total. The van der Waals surface area contributed by atoms with Crippen molar-refractivity contribution in [1.29, 1.82) is 0 Å². The molecule has 0 aliphatic carbocycles. The molecular formula is C14H21N3O. The largest absolute Gasteiger partial charge is 0.388 e. The zero-order valence-corrected chi connectivity index (χ0v) is 11.2. The number of nitrogens with zero attached hydrogens (tertiary/aromatic N) is 2. The van der Waals surface area contributed by atoms with Crippen molar-refractivity contribution < 1.29 is 5.11 Å². The van der Waals surface area contributed by atoms with Crippen molar-refractivity contribution in [2.45, 2.75) is 38.8 Å². The van der Waals surface area contributed by atoms with Gasteiger partial charge >= 0.3 is 0 Å². The van der Waals surface area contributed by atoms with E-state index in [4.69, 9.17) is 5.73 Å². The van der Waals surface area contributed by atoms with Gasteiger partial charge in [0, 0.05) is 19.0 Å². The maximum Gasteiger partial charge on any atom is 0.113 e. The highest BCUT2D eigenvalue weighted by atomic mass is 16.3. The summed E-state index contributed by atoms with van der Waals surface area (Å²) in [6.07, 6.45) is 0.469. The standard InChI is InChI=1S/C14H21N3O/c1-10(2)17-12-7-5-4-6-11(12)16-13(17)8-14(3,18)9-15/h4-7,10,18H,8-9,15H2,1-3H3. The minimum atomic E-state index is -0.909. The Morgan fingerprint density at radius 2 is 2.06 bits per heavy atom. The summed E-state index contributed by atoms with van der Waals surface area (Å²) < 4.78 is 2.17. The van der Waals surface area contributed by atoms with Crippen LogP contribution in [0, 0.1) is 0 Å². The lowest BCUT2D eigenvalue weighted by molar-refractivity contribution is 0.0665. The smallest absolute Gasteiger partial charge is 0.113 e. The Labute approximate surface area is 107 Å². The molecule has 0 saturated heterocycles. The van der Waals surface area contributed by atoms with Crippen LogP contribution in [0.5, 0.6) is 0 Å². The molecule has 0 fully saturated rings. The Morgan fingerprint density at radius 3 is 2.67 bits per heavy atom. The second-order valence-electron chi connectivity index (χ2n) is 5.36. The quantitative estimate of drug-likeness (QED) is 0.867. The third kappa shape index (κ3) is 2.40. The Balaban J connectivity index is 2.53. The van der Waals surface area contributed by atoms with Crippen molar-refractivity contribution in [1.82, 2.24) is 9.55 Å². The zero-order chi connectivity index (χ0) is 13.3. The van der Waals surface area contributed by atoms with Crippen molar-refractivity contribution >= 4 is 11.0 Å². The van der Waals surface area contributed by atoms with E-state index in [0.29, 0.717) is 12.5 Å². The lowest BCUT2D eigenvalue weighted by Crippen LogP contribution is -2.37. The van der Waals surface area contributed by atoms with E-state index in [1.54, 1.807) is 6.92 Å². The Morgan fingerprint density at radius 1 is 1.39 bits per heavy atom. The molecule has 0 spiro atoms. The van der Waals surface area contributed by atoms with E-state index in [1.807, 2.05) is 18.2 Å². The predicted molar refractivity (Wildman–Crippen MR) is 73.5 cm³/mol.